The number of amides is 2. The second-order valence-electron chi connectivity index (χ2n) is 8.86. The fourth-order valence-electron chi connectivity index (χ4n) is 5.69. The number of esters is 1. The highest BCUT2D eigenvalue weighted by Crippen LogP contribution is 2.55. The molecule has 4 aliphatic rings. The van der Waals surface area contributed by atoms with Crippen molar-refractivity contribution in [2.75, 3.05) is 6.54 Å². The van der Waals surface area contributed by atoms with Gasteiger partial charge >= 0.3 is 5.97 Å². The molecule has 8 heteroatoms. The minimum Gasteiger partial charge on any atom is -0.451 e. The normalized spacial score (nSPS) is 30.5. The van der Waals surface area contributed by atoms with Crippen molar-refractivity contribution in [2.45, 2.75) is 57.1 Å². The van der Waals surface area contributed by atoms with E-state index in [-0.39, 0.29) is 23.7 Å². The fraction of sp³-hybridized carbons (Fsp3) is 0.619. The Morgan fingerprint density at radius 1 is 1.21 bits per heavy atom. The molecule has 29 heavy (non-hydrogen) atoms. The fourth-order valence-corrected chi connectivity index (χ4v) is 5.85. The van der Waals surface area contributed by atoms with Crippen LogP contribution in [0, 0.1) is 17.8 Å². The highest BCUT2D eigenvalue weighted by Gasteiger charge is 2.51. The first-order valence-electron chi connectivity index (χ1n) is 10.2. The number of carbonyl (C=O) groups excluding carboxylic acids is 3. The minimum atomic E-state index is -0.906. The summed E-state index contributed by atoms with van der Waals surface area (Å²) in [5.41, 5.74) is -0.0169. The average Bonchev–Trinajstić information content (AvgIpc) is 2.64. The molecule has 1 heterocycles. The van der Waals surface area contributed by atoms with E-state index in [4.69, 9.17) is 16.3 Å². The average molecular weight is 420 g/mol. The Morgan fingerprint density at radius 2 is 1.83 bits per heavy atom. The Hall–Kier alpha value is -2.15. The zero-order valence-corrected chi connectivity index (χ0v) is 17.2. The summed E-state index contributed by atoms with van der Waals surface area (Å²) in [4.78, 5) is 40.6. The number of pyridine rings is 1. The molecule has 4 aliphatic carbocycles. The van der Waals surface area contributed by atoms with Gasteiger partial charge in [-0.05, 0) is 75.3 Å². The monoisotopic (exact) mass is 419 g/mol. The van der Waals surface area contributed by atoms with E-state index in [2.05, 4.69) is 15.6 Å². The molecular formula is C21H26ClN3O4. The highest BCUT2D eigenvalue weighted by atomic mass is 35.5. The number of ether oxygens (including phenoxy) is 1. The molecule has 1 aromatic rings. The molecule has 0 unspecified atom stereocenters. The van der Waals surface area contributed by atoms with Crippen LogP contribution in [0.3, 0.4) is 0 Å². The summed E-state index contributed by atoms with van der Waals surface area (Å²) in [7, 11) is 0. The van der Waals surface area contributed by atoms with Crippen molar-refractivity contribution in [3.05, 3.63) is 29.0 Å². The van der Waals surface area contributed by atoms with Gasteiger partial charge in [-0.15, -0.1) is 0 Å². The number of hydrogen-bond acceptors (Lipinski definition) is 5. The quantitative estimate of drug-likeness (QED) is 0.690. The van der Waals surface area contributed by atoms with E-state index in [0.717, 1.165) is 37.0 Å². The molecule has 0 aromatic carbocycles. The predicted molar refractivity (Wildman–Crippen MR) is 106 cm³/mol. The van der Waals surface area contributed by atoms with Gasteiger partial charge in [0.25, 0.3) is 11.8 Å². The number of hydrogen-bond donors (Lipinski definition) is 2. The summed E-state index contributed by atoms with van der Waals surface area (Å²) in [6.45, 7) is 1.22. The van der Waals surface area contributed by atoms with Crippen LogP contribution in [0.1, 0.15) is 55.9 Å². The summed E-state index contributed by atoms with van der Waals surface area (Å²) in [5, 5.41) is 6.01. The highest BCUT2D eigenvalue weighted by molar-refractivity contribution is 6.30. The van der Waals surface area contributed by atoms with E-state index in [1.54, 1.807) is 13.0 Å². The molecule has 1 atom stereocenters. The van der Waals surface area contributed by atoms with Gasteiger partial charge in [0.15, 0.2) is 6.10 Å². The SMILES string of the molecule is C[C@@H](OC(=O)CNC(=O)c1cc(Cl)ccn1)C(=O)NC12CC3CC(CC(C3)C1)C2. The molecule has 4 saturated carbocycles. The second kappa shape index (κ2) is 7.94. The van der Waals surface area contributed by atoms with Crippen LogP contribution in [-0.4, -0.2) is 41.0 Å². The second-order valence-corrected chi connectivity index (χ2v) is 9.30. The summed E-state index contributed by atoms with van der Waals surface area (Å²) in [5.74, 6) is 0.686. The molecular weight excluding hydrogens is 394 g/mol. The van der Waals surface area contributed by atoms with Crippen molar-refractivity contribution < 1.29 is 19.1 Å². The Kier molecular flexibility index (Phi) is 5.51. The maximum atomic E-state index is 12.7. The number of halogens is 1. The van der Waals surface area contributed by atoms with Crippen LogP contribution in [0.5, 0.6) is 0 Å². The Balaban J connectivity index is 1.25. The zero-order valence-electron chi connectivity index (χ0n) is 16.4. The molecule has 0 spiro atoms. The largest absolute Gasteiger partial charge is 0.451 e. The van der Waals surface area contributed by atoms with Crippen LogP contribution < -0.4 is 10.6 Å². The first kappa shape index (κ1) is 20.1. The van der Waals surface area contributed by atoms with Crippen LogP contribution in [0.25, 0.3) is 0 Å². The maximum Gasteiger partial charge on any atom is 0.326 e. The molecule has 4 fully saturated rings. The van der Waals surface area contributed by atoms with Gasteiger partial charge < -0.3 is 15.4 Å². The first-order chi connectivity index (χ1) is 13.8. The third-order valence-corrected chi connectivity index (χ3v) is 6.69. The van der Waals surface area contributed by atoms with Crippen molar-refractivity contribution in [2.24, 2.45) is 17.8 Å². The van der Waals surface area contributed by atoms with Gasteiger partial charge in [-0.3, -0.25) is 19.4 Å². The van der Waals surface area contributed by atoms with Gasteiger partial charge in [0.2, 0.25) is 0 Å². The van der Waals surface area contributed by atoms with Gasteiger partial charge in [-0.2, -0.15) is 0 Å². The number of rotatable bonds is 6. The van der Waals surface area contributed by atoms with Gasteiger partial charge in [0.1, 0.15) is 12.2 Å². The number of nitrogens with zero attached hydrogens (tertiary/aromatic N) is 1. The molecule has 2 amide bonds. The van der Waals surface area contributed by atoms with Crippen molar-refractivity contribution >= 4 is 29.4 Å². The van der Waals surface area contributed by atoms with Crippen molar-refractivity contribution in [1.29, 1.82) is 0 Å². The molecule has 156 valence electrons. The lowest BCUT2D eigenvalue weighted by molar-refractivity contribution is -0.155. The van der Waals surface area contributed by atoms with Crippen LogP contribution in [0.4, 0.5) is 0 Å². The van der Waals surface area contributed by atoms with E-state index in [1.807, 2.05) is 0 Å². The van der Waals surface area contributed by atoms with E-state index < -0.39 is 18.0 Å². The van der Waals surface area contributed by atoms with Gasteiger partial charge in [-0.1, -0.05) is 11.6 Å². The van der Waals surface area contributed by atoms with E-state index >= 15 is 0 Å². The third-order valence-electron chi connectivity index (χ3n) is 6.45. The van der Waals surface area contributed by atoms with Gasteiger partial charge in [-0.25, -0.2) is 0 Å². The Labute approximate surface area is 174 Å². The van der Waals surface area contributed by atoms with Gasteiger partial charge in [0.05, 0.1) is 0 Å². The molecule has 0 aliphatic heterocycles. The lowest BCUT2D eigenvalue weighted by atomic mass is 9.53. The Bertz CT molecular complexity index is 793. The van der Waals surface area contributed by atoms with E-state index in [1.165, 1.54) is 31.5 Å². The number of aromatic nitrogens is 1. The lowest BCUT2D eigenvalue weighted by Gasteiger charge is -2.57. The van der Waals surface area contributed by atoms with Crippen molar-refractivity contribution in [1.82, 2.24) is 15.6 Å². The van der Waals surface area contributed by atoms with Crippen LogP contribution in [0.15, 0.2) is 18.3 Å². The number of carbonyl (C=O) groups is 3. The third kappa shape index (κ3) is 4.55. The predicted octanol–water partition coefficient (Wildman–Crippen LogP) is 2.48. The topological polar surface area (TPSA) is 97.4 Å². The standard InChI is InChI=1S/C21H26ClN3O4/c1-12(29-18(26)11-24-20(28)17-7-16(22)2-3-23-17)19(27)25-21-8-13-4-14(9-21)6-15(5-13)10-21/h2-3,7,12-15H,4-6,8-11H2,1H3,(H,24,28)(H,25,27)/t12-,13?,14?,15?,21?/m1/s1. The molecule has 0 radical (unpaired) electrons. The van der Waals surface area contributed by atoms with Crippen molar-refractivity contribution in [3.63, 3.8) is 0 Å². The summed E-state index contributed by atoms with van der Waals surface area (Å²) in [6.07, 6.45) is 7.49. The minimum absolute atomic E-state index is 0.109. The molecule has 5 rings (SSSR count). The van der Waals surface area contributed by atoms with Crippen LogP contribution in [0.2, 0.25) is 5.02 Å². The van der Waals surface area contributed by atoms with Gasteiger partial charge in [0, 0.05) is 16.8 Å². The van der Waals surface area contributed by atoms with Crippen molar-refractivity contribution in [3.8, 4) is 0 Å². The zero-order chi connectivity index (χ0) is 20.6. The summed E-state index contributed by atoms with van der Waals surface area (Å²) < 4.78 is 5.22. The summed E-state index contributed by atoms with van der Waals surface area (Å²) >= 11 is 5.83. The Morgan fingerprint density at radius 3 is 2.41 bits per heavy atom. The van der Waals surface area contributed by atoms with E-state index in [9.17, 15) is 14.4 Å². The molecule has 2 N–H and O–H groups in total. The summed E-state index contributed by atoms with van der Waals surface area (Å²) in [6, 6.07) is 2.96. The smallest absolute Gasteiger partial charge is 0.326 e. The molecule has 4 bridgehead atoms. The maximum absolute atomic E-state index is 12.7. The van der Waals surface area contributed by atoms with Crippen LogP contribution >= 0.6 is 11.6 Å². The van der Waals surface area contributed by atoms with E-state index in [0.29, 0.717) is 5.02 Å². The molecule has 1 aromatic heterocycles. The number of nitrogens with one attached hydrogen (secondary N) is 2. The molecule has 7 nitrogen and oxygen atoms in total. The first-order valence-corrected chi connectivity index (χ1v) is 10.6. The lowest BCUT2D eigenvalue weighted by Crippen LogP contribution is -2.61. The molecule has 0 saturated heterocycles. The van der Waals surface area contributed by atoms with Crippen LogP contribution in [-0.2, 0) is 14.3 Å².